The third-order valence-electron chi connectivity index (χ3n) is 2.33. The predicted octanol–water partition coefficient (Wildman–Crippen LogP) is 2.72. The molecule has 3 heteroatoms. The number of hydrogen-bond donors (Lipinski definition) is 1. The maximum atomic E-state index is 8.52. The lowest BCUT2D eigenvalue weighted by Gasteiger charge is -1.98. The van der Waals surface area contributed by atoms with Crippen LogP contribution in [0.15, 0.2) is 40.8 Å². The molecule has 0 unspecified atom stereocenters. The van der Waals surface area contributed by atoms with Crippen LogP contribution in [0.25, 0.3) is 11.3 Å². The minimum Gasteiger partial charge on any atom is -0.459 e. The van der Waals surface area contributed by atoms with E-state index >= 15 is 0 Å². The van der Waals surface area contributed by atoms with E-state index in [4.69, 9.17) is 14.3 Å². The van der Waals surface area contributed by atoms with Gasteiger partial charge in [0, 0.05) is 5.56 Å². The third-order valence-corrected chi connectivity index (χ3v) is 2.33. The summed E-state index contributed by atoms with van der Waals surface area (Å²) in [5.41, 5.74) is 2.26. The lowest BCUT2D eigenvalue weighted by molar-refractivity contribution is -0.0173. The fraction of sp³-hybridized carbons (Fsp3) is 0.231. The molecule has 0 bridgehead atoms. The van der Waals surface area contributed by atoms with Crippen LogP contribution in [0.4, 0.5) is 0 Å². The number of aryl methyl sites for hydroxylation is 1. The van der Waals surface area contributed by atoms with Gasteiger partial charge in [-0.1, -0.05) is 29.8 Å². The summed E-state index contributed by atoms with van der Waals surface area (Å²) in [6.45, 7) is 2.05. The van der Waals surface area contributed by atoms with Gasteiger partial charge in [0.15, 0.2) is 0 Å². The van der Waals surface area contributed by atoms with E-state index in [-0.39, 0.29) is 6.79 Å². The van der Waals surface area contributed by atoms with Crippen molar-refractivity contribution in [1.82, 2.24) is 0 Å². The number of ether oxygens (including phenoxy) is 1. The summed E-state index contributed by atoms with van der Waals surface area (Å²) >= 11 is 0. The first-order valence-corrected chi connectivity index (χ1v) is 5.14. The van der Waals surface area contributed by atoms with Crippen LogP contribution in [0, 0.1) is 6.92 Å². The number of furan rings is 1. The highest BCUT2D eigenvalue weighted by Crippen LogP contribution is 2.22. The van der Waals surface area contributed by atoms with Crippen molar-refractivity contribution in [2.45, 2.75) is 13.5 Å². The molecular weight excluding hydrogens is 204 g/mol. The van der Waals surface area contributed by atoms with Gasteiger partial charge in [-0.2, -0.15) is 0 Å². The van der Waals surface area contributed by atoms with Gasteiger partial charge in [-0.05, 0) is 19.1 Å². The molecule has 0 radical (unpaired) electrons. The highest BCUT2D eigenvalue weighted by Gasteiger charge is 2.04. The van der Waals surface area contributed by atoms with Gasteiger partial charge in [-0.15, -0.1) is 0 Å². The van der Waals surface area contributed by atoms with E-state index in [1.807, 2.05) is 43.3 Å². The normalized spacial score (nSPS) is 10.6. The zero-order valence-corrected chi connectivity index (χ0v) is 9.14. The van der Waals surface area contributed by atoms with Gasteiger partial charge < -0.3 is 14.3 Å². The van der Waals surface area contributed by atoms with E-state index in [1.54, 1.807) is 0 Å². The first-order chi connectivity index (χ1) is 7.79. The van der Waals surface area contributed by atoms with Crippen molar-refractivity contribution in [3.63, 3.8) is 0 Å². The van der Waals surface area contributed by atoms with Crippen molar-refractivity contribution in [2.24, 2.45) is 0 Å². The van der Waals surface area contributed by atoms with Gasteiger partial charge in [-0.3, -0.25) is 0 Å². The molecule has 1 heterocycles. The summed E-state index contributed by atoms with van der Waals surface area (Å²) in [5.74, 6) is 1.53. The predicted molar refractivity (Wildman–Crippen MR) is 60.8 cm³/mol. The molecule has 2 rings (SSSR count). The maximum Gasteiger partial charge on any atom is 0.144 e. The van der Waals surface area contributed by atoms with Gasteiger partial charge in [0.2, 0.25) is 0 Å². The van der Waals surface area contributed by atoms with E-state index in [0.29, 0.717) is 12.4 Å². The van der Waals surface area contributed by atoms with Crippen LogP contribution in [0.3, 0.4) is 0 Å². The van der Waals surface area contributed by atoms with Crippen molar-refractivity contribution in [1.29, 1.82) is 0 Å². The van der Waals surface area contributed by atoms with Gasteiger partial charge in [0.25, 0.3) is 0 Å². The Labute approximate surface area is 94.3 Å². The zero-order chi connectivity index (χ0) is 11.4. The quantitative estimate of drug-likeness (QED) is 0.802. The largest absolute Gasteiger partial charge is 0.459 e. The monoisotopic (exact) mass is 218 g/mol. The average Bonchev–Trinajstić information content (AvgIpc) is 2.76. The maximum absolute atomic E-state index is 8.52. The lowest BCUT2D eigenvalue weighted by atomic mass is 10.1. The van der Waals surface area contributed by atoms with E-state index in [2.05, 4.69) is 0 Å². The minimum atomic E-state index is -0.291. The van der Waals surface area contributed by atoms with Crippen LogP contribution < -0.4 is 0 Å². The molecule has 0 aliphatic heterocycles. The topological polar surface area (TPSA) is 42.6 Å². The molecule has 2 aromatic rings. The minimum absolute atomic E-state index is 0.291. The van der Waals surface area contributed by atoms with Crippen LogP contribution in [-0.4, -0.2) is 11.9 Å². The van der Waals surface area contributed by atoms with E-state index < -0.39 is 0 Å². The molecule has 1 aromatic heterocycles. The Morgan fingerprint density at radius 1 is 1.12 bits per heavy atom. The number of rotatable bonds is 4. The molecule has 1 aromatic carbocycles. The Morgan fingerprint density at radius 2 is 1.88 bits per heavy atom. The van der Waals surface area contributed by atoms with Gasteiger partial charge in [0.05, 0.1) is 0 Å². The fourth-order valence-electron chi connectivity index (χ4n) is 1.47. The van der Waals surface area contributed by atoms with Crippen molar-refractivity contribution >= 4 is 0 Å². The number of benzene rings is 1. The summed E-state index contributed by atoms with van der Waals surface area (Å²) in [6.07, 6.45) is 0. The van der Waals surface area contributed by atoms with Crippen molar-refractivity contribution in [2.75, 3.05) is 6.79 Å². The standard InChI is InChI=1S/C13H14O3/c1-10-2-4-11(5-3-10)13-7-6-12(16-13)8-15-9-14/h2-7,14H,8-9H2,1H3. The first-order valence-electron chi connectivity index (χ1n) is 5.14. The highest BCUT2D eigenvalue weighted by molar-refractivity contribution is 5.57. The van der Waals surface area contributed by atoms with Crippen LogP contribution >= 0.6 is 0 Å². The Hall–Kier alpha value is -1.58. The summed E-state index contributed by atoms with van der Waals surface area (Å²) in [7, 11) is 0. The van der Waals surface area contributed by atoms with Gasteiger partial charge in [-0.25, -0.2) is 0 Å². The fourth-order valence-corrected chi connectivity index (χ4v) is 1.47. The smallest absolute Gasteiger partial charge is 0.144 e. The van der Waals surface area contributed by atoms with E-state index in [1.165, 1.54) is 5.56 Å². The summed E-state index contributed by atoms with van der Waals surface area (Å²) in [4.78, 5) is 0. The van der Waals surface area contributed by atoms with Gasteiger partial charge >= 0.3 is 0 Å². The average molecular weight is 218 g/mol. The third kappa shape index (κ3) is 2.51. The molecular formula is C13H14O3. The Bertz CT molecular complexity index is 442. The molecule has 0 aliphatic carbocycles. The summed E-state index contributed by atoms with van der Waals surface area (Å²) in [5, 5.41) is 8.52. The van der Waals surface area contributed by atoms with Crippen LogP contribution in [0.1, 0.15) is 11.3 Å². The molecule has 0 saturated carbocycles. The summed E-state index contributed by atoms with van der Waals surface area (Å²) < 4.78 is 10.4. The Kier molecular flexibility index (Phi) is 3.39. The van der Waals surface area contributed by atoms with E-state index in [0.717, 1.165) is 11.3 Å². The van der Waals surface area contributed by atoms with E-state index in [9.17, 15) is 0 Å². The lowest BCUT2D eigenvalue weighted by Crippen LogP contribution is -1.91. The molecule has 16 heavy (non-hydrogen) atoms. The Morgan fingerprint density at radius 3 is 2.56 bits per heavy atom. The molecule has 0 amide bonds. The van der Waals surface area contributed by atoms with Gasteiger partial charge in [0.1, 0.15) is 24.9 Å². The second-order valence-corrected chi connectivity index (χ2v) is 3.61. The molecule has 0 aliphatic rings. The highest BCUT2D eigenvalue weighted by atomic mass is 16.6. The second kappa shape index (κ2) is 4.96. The van der Waals surface area contributed by atoms with Crippen molar-refractivity contribution in [3.8, 4) is 11.3 Å². The number of hydrogen-bond acceptors (Lipinski definition) is 3. The molecule has 0 saturated heterocycles. The molecule has 0 fully saturated rings. The number of aliphatic hydroxyl groups is 1. The molecule has 3 nitrogen and oxygen atoms in total. The second-order valence-electron chi connectivity index (χ2n) is 3.61. The Balaban J connectivity index is 2.15. The first kappa shape index (κ1) is 10.9. The number of aliphatic hydroxyl groups excluding tert-OH is 1. The SMILES string of the molecule is Cc1ccc(-c2ccc(COCO)o2)cc1. The van der Waals surface area contributed by atoms with Crippen LogP contribution in [0.5, 0.6) is 0 Å². The van der Waals surface area contributed by atoms with Crippen LogP contribution in [-0.2, 0) is 11.3 Å². The van der Waals surface area contributed by atoms with Crippen molar-refractivity contribution < 1.29 is 14.3 Å². The zero-order valence-electron chi connectivity index (χ0n) is 9.14. The molecule has 0 spiro atoms. The molecule has 84 valence electrons. The molecule has 1 N–H and O–H groups in total. The molecule has 0 atom stereocenters. The summed E-state index contributed by atoms with van der Waals surface area (Å²) in [6, 6.07) is 11.9. The van der Waals surface area contributed by atoms with Crippen LogP contribution in [0.2, 0.25) is 0 Å². The van der Waals surface area contributed by atoms with Crippen molar-refractivity contribution in [3.05, 3.63) is 47.7 Å².